The SMILES string of the molecule is N=C(C1=NCCN1)c1ccccc1C=O. The van der Waals surface area contributed by atoms with Gasteiger partial charge in [-0.2, -0.15) is 0 Å². The van der Waals surface area contributed by atoms with Gasteiger partial charge in [0, 0.05) is 17.7 Å². The van der Waals surface area contributed by atoms with Crippen LogP contribution < -0.4 is 5.32 Å². The molecule has 0 fully saturated rings. The summed E-state index contributed by atoms with van der Waals surface area (Å²) in [6, 6.07) is 7.05. The molecule has 0 radical (unpaired) electrons. The molecular weight excluding hydrogens is 190 g/mol. The van der Waals surface area contributed by atoms with Crippen LogP contribution in [0.5, 0.6) is 0 Å². The van der Waals surface area contributed by atoms with Crippen LogP contribution in [-0.2, 0) is 0 Å². The molecule has 1 aromatic carbocycles. The Morgan fingerprint density at radius 1 is 1.47 bits per heavy atom. The molecule has 0 bridgehead atoms. The Morgan fingerprint density at radius 2 is 2.27 bits per heavy atom. The predicted octanol–water partition coefficient (Wildman–Crippen LogP) is 0.869. The van der Waals surface area contributed by atoms with E-state index in [2.05, 4.69) is 10.3 Å². The lowest BCUT2D eigenvalue weighted by Crippen LogP contribution is -2.28. The van der Waals surface area contributed by atoms with E-state index in [1.54, 1.807) is 18.2 Å². The Morgan fingerprint density at radius 3 is 2.93 bits per heavy atom. The van der Waals surface area contributed by atoms with Gasteiger partial charge in [0.1, 0.15) is 11.5 Å². The van der Waals surface area contributed by atoms with Gasteiger partial charge in [0.15, 0.2) is 6.29 Å². The average Bonchev–Trinajstić information content (AvgIpc) is 2.81. The van der Waals surface area contributed by atoms with Crippen LogP contribution in [0, 0.1) is 5.41 Å². The summed E-state index contributed by atoms with van der Waals surface area (Å²) in [5.74, 6) is 0.573. The van der Waals surface area contributed by atoms with Crippen LogP contribution in [0.15, 0.2) is 29.3 Å². The maximum absolute atomic E-state index is 10.8. The molecule has 0 unspecified atom stereocenters. The van der Waals surface area contributed by atoms with E-state index in [0.717, 1.165) is 12.8 Å². The first-order valence-corrected chi connectivity index (χ1v) is 4.75. The summed E-state index contributed by atoms with van der Waals surface area (Å²) in [5.41, 5.74) is 1.44. The van der Waals surface area contributed by atoms with Crippen LogP contribution in [0.4, 0.5) is 0 Å². The summed E-state index contributed by atoms with van der Waals surface area (Å²) in [6.45, 7) is 1.46. The molecule has 15 heavy (non-hydrogen) atoms. The molecule has 0 atom stereocenters. The molecule has 76 valence electrons. The second-order valence-electron chi connectivity index (χ2n) is 3.24. The van der Waals surface area contributed by atoms with Gasteiger partial charge in [0.2, 0.25) is 0 Å². The molecule has 2 rings (SSSR count). The largest absolute Gasteiger partial charge is 0.367 e. The maximum atomic E-state index is 10.8. The van der Waals surface area contributed by atoms with E-state index >= 15 is 0 Å². The molecule has 0 aliphatic carbocycles. The molecule has 0 aromatic heterocycles. The van der Waals surface area contributed by atoms with Gasteiger partial charge in [0.25, 0.3) is 0 Å². The number of nitrogens with zero attached hydrogens (tertiary/aromatic N) is 1. The number of nitrogens with one attached hydrogen (secondary N) is 2. The highest BCUT2D eigenvalue weighted by atomic mass is 16.1. The van der Waals surface area contributed by atoms with E-state index in [4.69, 9.17) is 5.41 Å². The molecule has 1 aliphatic heterocycles. The minimum absolute atomic E-state index is 0.287. The third-order valence-corrected chi connectivity index (χ3v) is 2.27. The van der Waals surface area contributed by atoms with E-state index in [1.807, 2.05) is 6.07 Å². The first-order valence-electron chi connectivity index (χ1n) is 4.75. The third kappa shape index (κ3) is 1.79. The molecule has 0 saturated carbocycles. The van der Waals surface area contributed by atoms with E-state index in [-0.39, 0.29) is 5.71 Å². The predicted molar refractivity (Wildman–Crippen MR) is 59.0 cm³/mol. The van der Waals surface area contributed by atoms with Gasteiger partial charge in [-0.15, -0.1) is 0 Å². The highest BCUT2D eigenvalue weighted by Crippen LogP contribution is 2.08. The lowest BCUT2D eigenvalue weighted by atomic mass is 10.0. The van der Waals surface area contributed by atoms with Crippen molar-refractivity contribution in [3.05, 3.63) is 35.4 Å². The topological polar surface area (TPSA) is 65.3 Å². The first-order chi connectivity index (χ1) is 7.33. The molecule has 1 aliphatic rings. The normalized spacial score (nSPS) is 14.3. The van der Waals surface area contributed by atoms with Crippen molar-refractivity contribution in [3.63, 3.8) is 0 Å². The van der Waals surface area contributed by atoms with Crippen molar-refractivity contribution in [2.45, 2.75) is 0 Å². The Kier molecular flexibility index (Phi) is 2.58. The van der Waals surface area contributed by atoms with Crippen LogP contribution in [0.3, 0.4) is 0 Å². The van der Waals surface area contributed by atoms with E-state index in [1.165, 1.54) is 0 Å². The van der Waals surface area contributed by atoms with Crippen molar-refractivity contribution in [2.24, 2.45) is 4.99 Å². The van der Waals surface area contributed by atoms with Crippen LogP contribution in [0.25, 0.3) is 0 Å². The zero-order valence-electron chi connectivity index (χ0n) is 8.16. The Balaban J connectivity index is 2.36. The molecule has 4 heteroatoms. The van der Waals surface area contributed by atoms with Crippen molar-refractivity contribution < 1.29 is 4.79 Å². The van der Waals surface area contributed by atoms with Gasteiger partial charge < -0.3 is 5.32 Å². The second-order valence-corrected chi connectivity index (χ2v) is 3.24. The molecule has 0 amide bonds. The van der Waals surface area contributed by atoms with Crippen molar-refractivity contribution in [1.82, 2.24) is 5.32 Å². The van der Waals surface area contributed by atoms with Gasteiger partial charge in [-0.3, -0.25) is 15.2 Å². The van der Waals surface area contributed by atoms with Crippen LogP contribution in [0.2, 0.25) is 0 Å². The smallest absolute Gasteiger partial charge is 0.150 e. The average molecular weight is 201 g/mol. The minimum atomic E-state index is 0.287. The van der Waals surface area contributed by atoms with Gasteiger partial charge in [0.05, 0.1) is 6.54 Å². The van der Waals surface area contributed by atoms with Crippen molar-refractivity contribution in [1.29, 1.82) is 5.41 Å². The highest BCUT2D eigenvalue weighted by molar-refractivity contribution is 6.47. The molecule has 0 spiro atoms. The summed E-state index contributed by atoms with van der Waals surface area (Å²) < 4.78 is 0. The quantitative estimate of drug-likeness (QED) is 0.563. The number of aldehydes is 1. The number of rotatable bonds is 3. The van der Waals surface area contributed by atoms with Gasteiger partial charge in [-0.25, -0.2) is 0 Å². The zero-order chi connectivity index (χ0) is 10.7. The summed E-state index contributed by atoms with van der Waals surface area (Å²) in [7, 11) is 0. The number of amidine groups is 1. The van der Waals surface area contributed by atoms with Crippen LogP contribution >= 0.6 is 0 Å². The first kappa shape index (κ1) is 9.58. The number of carbonyl (C=O) groups is 1. The monoisotopic (exact) mass is 201 g/mol. The van der Waals surface area contributed by atoms with Crippen molar-refractivity contribution in [3.8, 4) is 0 Å². The minimum Gasteiger partial charge on any atom is -0.367 e. The molecule has 1 aromatic rings. The summed E-state index contributed by atoms with van der Waals surface area (Å²) in [4.78, 5) is 14.9. The Bertz CT molecular complexity index is 437. The Hall–Kier alpha value is -1.97. The van der Waals surface area contributed by atoms with Gasteiger partial charge in [-0.05, 0) is 0 Å². The fourth-order valence-corrected chi connectivity index (χ4v) is 1.52. The lowest BCUT2D eigenvalue weighted by Gasteiger charge is -2.06. The van der Waals surface area contributed by atoms with Gasteiger partial charge in [-0.1, -0.05) is 24.3 Å². The number of benzene rings is 1. The van der Waals surface area contributed by atoms with E-state index < -0.39 is 0 Å². The maximum Gasteiger partial charge on any atom is 0.150 e. The molecule has 4 nitrogen and oxygen atoms in total. The van der Waals surface area contributed by atoms with E-state index in [0.29, 0.717) is 23.5 Å². The van der Waals surface area contributed by atoms with E-state index in [9.17, 15) is 4.79 Å². The molecule has 1 heterocycles. The summed E-state index contributed by atoms with van der Waals surface area (Å²) >= 11 is 0. The standard InChI is InChI=1S/C11H11N3O/c12-10(11-13-5-6-14-11)9-4-2-1-3-8(9)7-15/h1-4,7,12H,5-6H2,(H,13,14). The molecule has 2 N–H and O–H groups in total. The second kappa shape index (κ2) is 4.04. The molecule has 0 saturated heterocycles. The zero-order valence-corrected chi connectivity index (χ0v) is 8.16. The van der Waals surface area contributed by atoms with Crippen LogP contribution in [0.1, 0.15) is 15.9 Å². The summed E-state index contributed by atoms with van der Waals surface area (Å²) in [5, 5.41) is 10.9. The van der Waals surface area contributed by atoms with Crippen molar-refractivity contribution in [2.75, 3.05) is 13.1 Å². The third-order valence-electron chi connectivity index (χ3n) is 2.27. The number of aliphatic imine (C=N–C) groups is 1. The Labute approximate surface area is 87.5 Å². The fourth-order valence-electron chi connectivity index (χ4n) is 1.52. The van der Waals surface area contributed by atoms with Crippen molar-refractivity contribution >= 4 is 17.8 Å². The van der Waals surface area contributed by atoms with Crippen LogP contribution in [-0.4, -0.2) is 30.9 Å². The fraction of sp³-hybridized carbons (Fsp3) is 0.182. The lowest BCUT2D eigenvalue weighted by molar-refractivity contribution is 0.112. The number of hydrogen-bond donors (Lipinski definition) is 2. The highest BCUT2D eigenvalue weighted by Gasteiger charge is 2.15. The number of carbonyl (C=O) groups excluding carboxylic acids is 1. The number of hydrogen-bond acceptors (Lipinski definition) is 4. The molecular formula is C11H11N3O. The summed E-state index contributed by atoms with van der Waals surface area (Å²) in [6.07, 6.45) is 0.763. The van der Waals surface area contributed by atoms with Gasteiger partial charge >= 0.3 is 0 Å².